The van der Waals surface area contributed by atoms with E-state index >= 15 is 0 Å². The van der Waals surface area contributed by atoms with Crippen LogP contribution in [0.2, 0.25) is 0 Å². The van der Waals surface area contributed by atoms with Crippen LogP contribution in [0.4, 0.5) is 4.39 Å². The van der Waals surface area contributed by atoms with E-state index in [-0.39, 0.29) is 12.4 Å². The molecule has 4 aromatic rings. The van der Waals surface area contributed by atoms with Crippen LogP contribution < -0.4 is 11.4 Å². The summed E-state index contributed by atoms with van der Waals surface area (Å²) in [7, 11) is 0. The molecule has 0 amide bonds. The Morgan fingerprint density at radius 2 is 1.81 bits per heavy atom. The van der Waals surface area contributed by atoms with Crippen LogP contribution in [0.1, 0.15) is 11.1 Å². The molecule has 0 aliphatic rings. The minimum Gasteiger partial charge on any atom is -0.423 e. The molecule has 0 aliphatic heterocycles. The minimum atomic E-state index is -0.669. The minimum absolute atomic E-state index is 0.0503. The van der Waals surface area contributed by atoms with Crippen molar-refractivity contribution in [2.24, 2.45) is 0 Å². The van der Waals surface area contributed by atoms with Gasteiger partial charge in [-0.15, -0.1) is 5.10 Å². The van der Waals surface area contributed by atoms with Crippen molar-refractivity contribution in [3.05, 3.63) is 86.4 Å². The third-order valence-corrected chi connectivity index (χ3v) is 4.00. The van der Waals surface area contributed by atoms with E-state index in [2.05, 4.69) is 5.10 Å². The zero-order chi connectivity index (χ0) is 18.3. The van der Waals surface area contributed by atoms with Gasteiger partial charge in [0.15, 0.2) is 0 Å². The summed E-state index contributed by atoms with van der Waals surface area (Å²) in [6.07, 6.45) is 0. The van der Waals surface area contributed by atoms with Crippen molar-refractivity contribution in [1.82, 2.24) is 9.78 Å². The Bertz CT molecular complexity index is 1220. The van der Waals surface area contributed by atoms with E-state index in [4.69, 9.17) is 8.83 Å². The van der Waals surface area contributed by atoms with Crippen molar-refractivity contribution in [1.29, 1.82) is 0 Å². The fraction of sp³-hybridized carbons (Fsp3) is 0.105. The van der Waals surface area contributed by atoms with Gasteiger partial charge >= 0.3 is 11.4 Å². The van der Waals surface area contributed by atoms with Crippen LogP contribution in [0.15, 0.2) is 67.0 Å². The monoisotopic (exact) mass is 352 g/mol. The van der Waals surface area contributed by atoms with Crippen molar-refractivity contribution >= 4 is 11.0 Å². The molecule has 0 spiro atoms. The van der Waals surface area contributed by atoms with Crippen molar-refractivity contribution in [2.45, 2.75) is 13.5 Å². The number of benzene rings is 2. The third kappa shape index (κ3) is 2.95. The summed E-state index contributed by atoms with van der Waals surface area (Å²) in [6.45, 7) is 1.94. The number of halogens is 1. The average Bonchev–Trinajstić information content (AvgIpc) is 2.95. The maximum atomic E-state index is 13.0. The molecular weight excluding hydrogens is 339 g/mol. The van der Waals surface area contributed by atoms with Gasteiger partial charge in [-0.2, -0.15) is 4.68 Å². The largest absolute Gasteiger partial charge is 0.437 e. The number of fused-ring (bicyclic) bond motifs is 1. The second kappa shape index (κ2) is 6.11. The van der Waals surface area contributed by atoms with E-state index in [1.807, 2.05) is 19.1 Å². The number of hydrogen-bond acceptors (Lipinski definition) is 5. The predicted molar refractivity (Wildman–Crippen MR) is 92.5 cm³/mol. The topological polar surface area (TPSA) is 78.2 Å². The molecule has 0 bridgehead atoms. The molecule has 0 unspecified atom stereocenters. The molecule has 6 nitrogen and oxygen atoms in total. The number of aryl methyl sites for hydroxylation is 1. The van der Waals surface area contributed by atoms with Crippen molar-refractivity contribution in [3.8, 4) is 11.5 Å². The highest BCUT2D eigenvalue weighted by atomic mass is 19.1. The highest BCUT2D eigenvalue weighted by Crippen LogP contribution is 2.20. The lowest BCUT2D eigenvalue weighted by Crippen LogP contribution is -2.17. The Morgan fingerprint density at radius 1 is 1.04 bits per heavy atom. The number of hydrogen-bond donors (Lipinski definition) is 0. The first-order valence-corrected chi connectivity index (χ1v) is 7.87. The Kier molecular flexibility index (Phi) is 3.76. The molecule has 0 aliphatic carbocycles. The molecule has 26 heavy (non-hydrogen) atoms. The Hall–Kier alpha value is -3.48. The van der Waals surface area contributed by atoms with Crippen LogP contribution in [0.5, 0.6) is 0 Å². The number of rotatable bonds is 3. The molecule has 0 radical (unpaired) electrons. The quantitative estimate of drug-likeness (QED) is 0.530. The van der Waals surface area contributed by atoms with Crippen molar-refractivity contribution in [2.75, 3.05) is 0 Å². The third-order valence-electron chi connectivity index (χ3n) is 4.00. The molecule has 0 saturated heterocycles. The van der Waals surface area contributed by atoms with Crippen LogP contribution >= 0.6 is 0 Å². The van der Waals surface area contributed by atoms with Gasteiger partial charge in [0.25, 0.3) is 0 Å². The molecule has 4 rings (SSSR count). The van der Waals surface area contributed by atoms with Gasteiger partial charge in [-0.25, -0.2) is 14.0 Å². The van der Waals surface area contributed by atoms with E-state index in [9.17, 15) is 14.0 Å². The van der Waals surface area contributed by atoms with E-state index < -0.39 is 17.2 Å². The second-order valence-electron chi connectivity index (χ2n) is 5.93. The summed E-state index contributed by atoms with van der Waals surface area (Å²) in [6, 6.07) is 12.3. The molecular formula is C19H13FN2O4. The van der Waals surface area contributed by atoms with Crippen LogP contribution in [0, 0.1) is 12.7 Å². The summed E-state index contributed by atoms with van der Waals surface area (Å²) < 4.78 is 24.5. The average molecular weight is 352 g/mol. The fourth-order valence-corrected chi connectivity index (χ4v) is 2.74. The normalized spacial score (nSPS) is 11.2. The molecule has 0 fully saturated rings. The molecule has 0 saturated carbocycles. The maximum absolute atomic E-state index is 13.0. The lowest BCUT2D eigenvalue weighted by molar-refractivity contribution is 0.494. The van der Waals surface area contributed by atoms with Gasteiger partial charge in [-0.05, 0) is 48.4 Å². The highest BCUT2D eigenvalue weighted by Gasteiger charge is 2.13. The summed E-state index contributed by atoms with van der Waals surface area (Å²) in [5.41, 5.74) is 1.97. The first kappa shape index (κ1) is 16.0. The molecule has 2 aromatic heterocycles. The van der Waals surface area contributed by atoms with E-state index in [1.165, 1.54) is 30.3 Å². The van der Waals surface area contributed by atoms with Gasteiger partial charge in [-0.3, -0.25) is 0 Å². The summed E-state index contributed by atoms with van der Waals surface area (Å²) in [5.74, 6) is -0.982. The molecule has 7 heteroatoms. The standard InChI is InChI=1S/C19H13FN2O4/c1-11-2-7-15-13(9-17(23)25-16(15)8-11)10-22-19(24)26-18(21-22)12-3-5-14(20)6-4-12/h2-9H,10H2,1H3. The predicted octanol–water partition coefficient (Wildman–Crippen LogP) is 3.11. The van der Waals surface area contributed by atoms with Crippen molar-refractivity contribution < 1.29 is 13.2 Å². The first-order valence-electron chi connectivity index (χ1n) is 7.87. The first-order chi connectivity index (χ1) is 12.5. The zero-order valence-corrected chi connectivity index (χ0v) is 13.7. The van der Waals surface area contributed by atoms with Crippen LogP contribution in [0.25, 0.3) is 22.4 Å². The van der Waals surface area contributed by atoms with Gasteiger partial charge in [0.05, 0.1) is 6.54 Å². The van der Waals surface area contributed by atoms with Gasteiger partial charge in [-0.1, -0.05) is 12.1 Å². The smallest absolute Gasteiger partial charge is 0.423 e. The fourth-order valence-electron chi connectivity index (χ4n) is 2.74. The summed E-state index contributed by atoms with van der Waals surface area (Å²) in [5, 5.41) is 4.86. The SMILES string of the molecule is Cc1ccc2c(Cn3nc(-c4ccc(F)cc4)oc3=O)cc(=O)oc2c1. The van der Waals surface area contributed by atoms with Crippen molar-refractivity contribution in [3.63, 3.8) is 0 Å². The Morgan fingerprint density at radius 3 is 2.58 bits per heavy atom. The molecule has 2 heterocycles. The lowest BCUT2D eigenvalue weighted by atomic mass is 10.1. The summed E-state index contributed by atoms with van der Waals surface area (Å²) >= 11 is 0. The Labute approximate surface area is 146 Å². The zero-order valence-electron chi connectivity index (χ0n) is 13.7. The number of nitrogens with zero attached hydrogens (tertiary/aromatic N) is 2. The van der Waals surface area contributed by atoms with Gasteiger partial charge < -0.3 is 8.83 Å². The van der Waals surface area contributed by atoms with Crippen LogP contribution in [-0.4, -0.2) is 9.78 Å². The van der Waals surface area contributed by atoms with Gasteiger partial charge in [0.1, 0.15) is 11.4 Å². The van der Waals surface area contributed by atoms with Gasteiger partial charge in [0.2, 0.25) is 5.89 Å². The second-order valence-corrected chi connectivity index (χ2v) is 5.93. The van der Waals surface area contributed by atoms with Gasteiger partial charge in [0, 0.05) is 17.0 Å². The molecule has 0 atom stereocenters. The Balaban J connectivity index is 1.77. The maximum Gasteiger partial charge on any atom is 0.437 e. The van der Waals surface area contributed by atoms with Crippen LogP contribution in [0.3, 0.4) is 0 Å². The number of aromatic nitrogens is 2. The molecule has 130 valence electrons. The van der Waals surface area contributed by atoms with Crippen LogP contribution in [-0.2, 0) is 6.54 Å². The van der Waals surface area contributed by atoms with E-state index in [0.29, 0.717) is 22.1 Å². The molecule has 2 aromatic carbocycles. The summed E-state index contributed by atoms with van der Waals surface area (Å²) in [4.78, 5) is 23.9. The molecule has 0 N–H and O–H groups in total. The lowest BCUT2D eigenvalue weighted by Gasteiger charge is -2.05. The van der Waals surface area contributed by atoms with E-state index in [0.717, 1.165) is 10.2 Å². The highest BCUT2D eigenvalue weighted by molar-refractivity contribution is 5.80. The van der Waals surface area contributed by atoms with E-state index in [1.54, 1.807) is 6.07 Å².